The smallest absolute Gasteiger partial charge is 0.130 e. The highest BCUT2D eigenvalue weighted by molar-refractivity contribution is 5.40. The second kappa shape index (κ2) is 6.58. The van der Waals surface area contributed by atoms with Gasteiger partial charge >= 0.3 is 0 Å². The molecule has 2 N–H and O–H groups in total. The summed E-state index contributed by atoms with van der Waals surface area (Å²) in [7, 11) is 0. The van der Waals surface area contributed by atoms with Gasteiger partial charge in [0.1, 0.15) is 11.5 Å². The van der Waals surface area contributed by atoms with E-state index >= 15 is 0 Å². The molecule has 0 heterocycles. The molecular weight excluding hydrogens is 246 g/mol. The molecule has 0 spiro atoms. The topological polar surface area (TPSA) is 35.2 Å². The Labute approximate surface area is 121 Å². The van der Waals surface area contributed by atoms with Gasteiger partial charge in [0.25, 0.3) is 0 Å². The van der Waals surface area contributed by atoms with Crippen molar-refractivity contribution in [3.8, 4) is 11.5 Å². The van der Waals surface area contributed by atoms with E-state index in [-0.39, 0.29) is 6.04 Å². The summed E-state index contributed by atoms with van der Waals surface area (Å²) in [5.41, 5.74) is 8.39. The summed E-state index contributed by atoms with van der Waals surface area (Å²) in [6, 6.07) is 16.3. The van der Waals surface area contributed by atoms with Crippen molar-refractivity contribution in [2.75, 3.05) is 0 Å². The number of rotatable bonds is 5. The van der Waals surface area contributed by atoms with Gasteiger partial charge in [0.2, 0.25) is 0 Å². The van der Waals surface area contributed by atoms with Crippen LogP contribution in [-0.4, -0.2) is 0 Å². The van der Waals surface area contributed by atoms with E-state index in [9.17, 15) is 0 Å². The van der Waals surface area contributed by atoms with Crippen LogP contribution < -0.4 is 10.5 Å². The maximum atomic E-state index is 6.02. The van der Waals surface area contributed by atoms with Crippen LogP contribution in [0.2, 0.25) is 0 Å². The Morgan fingerprint density at radius 2 is 1.65 bits per heavy atom. The van der Waals surface area contributed by atoms with E-state index in [1.807, 2.05) is 42.5 Å². The molecular formula is C18H23NO. The number of para-hydroxylation sites is 1. The Kier molecular flexibility index (Phi) is 4.80. The average Bonchev–Trinajstić information content (AvgIpc) is 2.47. The van der Waals surface area contributed by atoms with E-state index in [2.05, 4.69) is 26.8 Å². The normalized spacial score (nSPS) is 12.4. The Bertz CT molecular complexity index is 546. The van der Waals surface area contributed by atoms with Crippen LogP contribution in [0.15, 0.2) is 48.5 Å². The summed E-state index contributed by atoms with van der Waals surface area (Å²) >= 11 is 0. The molecule has 0 radical (unpaired) electrons. The molecule has 0 amide bonds. The second-order valence-corrected chi connectivity index (χ2v) is 5.38. The lowest BCUT2D eigenvalue weighted by atomic mass is 10.0. The number of nitrogens with two attached hydrogens (primary N) is 1. The molecule has 0 saturated carbocycles. The Balaban J connectivity index is 2.18. The molecule has 2 aromatic rings. The molecule has 0 aliphatic rings. The van der Waals surface area contributed by atoms with Crippen molar-refractivity contribution < 1.29 is 4.74 Å². The van der Waals surface area contributed by atoms with E-state index in [1.54, 1.807) is 0 Å². The number of hydrogen-bond acceptors (Lipinski definition) is 2. The summed E-state index contributed by atoms with van der Waals surface area (Å²) in [6.07, 6.45) is 0.941. The van der Waals surface area contributed by atoms with Gasteiger partial charge < -0.3 is 10.5 Å². The SMILES string of the molecule is CCC(N)c1ccc(Oc2ccccc2C(C)C)cc1. The van der Waals surface area contributed by atoms with E-state index in [4.69, 9.17) is 10.5 Å². The third-order valence-electron chi connectivity index (χ3n) is 3.52. The highest BCUT2D eigenvalue weighted by Crippen LogP contribution is 2.30. The molecule has 0 fully saturated rings. The fourth-order valence-electron chi connectivity index (χ4n) is 2.20. The van der Waals surface area contributed by atoms with E-state index in [1.165, 1.54) is 5.56 Å². The fourth-order valence-corrected chi connectivity index (χ4v) is 2.20. The maximum Gasteiger partial charge on any atom is 0.130 e. The molecule has 2 aromatic carbocycles. The van der Waals surface area contributed by atoms with Crippen molar-refractivity contribution in [3.63, 3.8) is 0 Å². The lowest BCUT2D eigenvalue weighted by Gasteiger charge is -2.14. The van der Waals surface area contributed by atoms with Crippen LogP contribution in [0.25, 0.3) is 0 Å². The Morgan fingerprint density at radius 3 is 2.25 bits per heavy atom. The number of hydrogen-bond donors (Lipinski definition) is 1. The first-order chi connectivity index (χ1) is 9.61. The van der Waals surface area contributed by atoms with Gasteiger partial charge in [0.05, 0.1) is 0 Å². The standard InChI is InChI=1S/C18H23NO/c1-4-17(19)14-9-11-15(12-10-14)20-18-8-6-5-7-16(18)13(2)3/h5-13,17H,4,19H2,1-3H3. The summed E-state index contributed by atoms with van der Waals surface area (Å²) in [6.45, 7) is 6.44. The van der Waals surface area contributed by atoms with Crippen LogP contribution in [0.1, 0.15) is 50.3 Å². The van der Waals surface area contributed by atoms with Crippen LogP contribution in [0, 0.1) is 0 Å². The van der Waals surface area contributed by atoms with Crippen LogP contribution >= 0.6 is 0 Å². The zero-order valence-electron chi connectivity index (χ0n) is 12.5. The van der Waals surface area contributed by atoms with Crippen molar-refractivity contribution in [1.29, 1.82) is 0 Å². The molecule has 20 heavy (non-hydrogen) atoms. The first-order valence-electron chi connectivity index (χ1n) is 7.24. The lowest BCUT2D eigenvalue weighted by Crippen LogP contribution is -2.08. The van der Waals surface area contributed by atoms with Crippen molar-refractivity contribution >= 4 is 0 Å². The van der Waals surface area contributed by atoms with Crippen LogP contribution in [0.3, 0.4) is 0 Å². The molecule has 1 unspecified atom stereocenters. The van der Waals surface area contributed by atoms with Gasteiger partial charge in [-0.2, -0.15) is 0 Å². The first kappa shape index (κ1) is 14.6. The van der Waals surface area contributed by atoms with Crippen molar-refractivity contribution in [2.45, 2.75) is 39.2 Å². The molecule has 0 aromatic heterocycles. The number of benzene rings is 2. The molecule has 0 saturated heterocycles. The third kappa shape index (κ3) is 3.40. The highest BCUT2D eigenvalue weighted by atomic mass is 16.5. The highest BCUT2D eigenvalue weighted by Gasteiger charge is 2.08. The minimum absolute atomic E-state index is 0.104. The fraction of sp³-hybridized carbons (Fsp3) is 0.333. The van der Waals surface area contributed by atoms with Crippen molar-refractivity contribution in [2.24, 2.45) is 5.73 Å². The maximum absolute atomic E-state index is 6.02. The minimum atomic E-state index is 0.104. The van der Waals surface area contributed by atoms with Crippen molar-refractivity contribution in [1.82, 2.24) is 0 Å². The zero-order valence-corrected chi connectivity index (χ0v) is 12.5. The van der Waals surface area contributed by atoms with Gasteiger partial charge in [-0.1, -0.05) is 51.1 Å². The predicted molar refractivity (Wildman–Crippen MR) is 84.3 cm³/mol. The quantitative estimate of drug-likeness (QED) is 0.827. The molecule has 2 rings (SSSR count). The van der Waals surface area contributed by atoms with Gasteiger partial charge in [-0.15, -0.1) is 0 Å². The monoisotopic (exact) mass is 269 g/mol. The van der Waals surface area contributed by atoms with Gasteiger partial charge in [-0.25, -0.2) is 0 Å². The largest absolute Gasteiger partial charge is 0.457 e. The average molecular weight is 269 g/mol. The minimum Gasteiger partial charge on any atom is -0.457 e. The Morgan fingerprint density at radius 1 is 1.00 bits per heavy atom. The van der Waals surface area contributed by atoms with Gasteiger partial charge in [-0.3, -0.25) is 0 Å². The van der Waals surface area contributed by atoms with E-state index in [0.717, 1.165) is 23.5 Å². The second-order valence-electron chi connectivity index (χ2n) is 5.38. The van der Waals surface area contributed by atoms with Crippen molar-refractivity contribution in [3.05, 3.63) is 59.7 Å². The van der Waals surface area contributed by atoms with E-state index in [0.29, 0.717) is 5.92 Å². The number of ether oxygens (including phenoxy) is 1. The van der Waals surface area contributed by atoms with Crippen LogP contribution in [-0.2, 0) is 0 Å². The first-order valence-corrected chi connectivity index (χ1v) is 7.24. The molecule has 0 aliphatic heterocycles. The van der Waals surface area contributed by atoms with Crippen LogP contribution in [0.4, 0.5) is 0 Å². The molecule has 0 aliphatic carbocycles. The summed E-state index contributed by atoms with van der Waals surface area (Å²) in [5, 5.41) is 0. The summed E-state index contributed by atoms with van der Waals surface area (Å²) in [5.74, 6) is 2.22. The van der Waals surface area contributed by atoms with Gasteiger partial charge in [0.15, 0.2) is 0 Å². The zero-order chi connectivity index (χ0) is 14.5. The molecule has 1 atom stereocenters. The third-order valence-corrected chi connectivity index (χ3v) is 3.52. The predicted octanol–water partition coefficient (Wildman–Crippen LogP) is 5.01. The van der Waals surface area contributed by atoms with Gasteiger partial charge in [0, 0.05) is 6.04 Å². The summed E-state index contributed by atoms with van der Waals surface area (Å²) < 4.78 is 6.00. The van der Waals surface area contributed by atoms with Crippen LogP contribution in [0.5, 0.6) is 11.5 Å². The van der Waals surface area contributed by atoms with Gasteiger partial charge in [-0.05, 0) is 41.7 Å². The molecule has 2 heteroatoms. The molecule has 0 bridgehead atoms. The molecule has 2 nitrogen and oxygen atoms in total. The lowest BCUT2D eigenvalue weighted by molar-refractivity contribution is 0.472. The Hall–Kier alpha value is -1.80. The summed E-state index contributed by atoms with van der Waals surface area (Å²) in [4.78, 5) is 0. The molecule has 106 valence electrons. The van der Waals surface area contributed by atoms with E-state index < -0.39 is 0 Å².